The van der Waals surface area contributed by atoms with Gasteiger partial charge in [0.05, 0.1) is 18.8 Å². The maximum atomic E-state index is 9.99. The highest BCUT2D eigenvalue weighted by atomic mass is 16.3. The Morgan fingerprint density at radius 1 is 1.28 bits per heavy atom. The molecule has 1 aliphatic rings. The third kappa shape index (κ3) is 3.53. The normalized spacial score (nSPS) is 24.6. The van der Waals surface area contributed by atoms with Crippen molar-refractivity contribution in [3.05, 3.63) is 35.9 Å². The molecule has 1 fully saturated rings. The molecule has 1 saturated heterocycles. The first kappa shape index (κ1) is 13.5. The number of aliphatic hydroxyl groups excluding tert-OH is 2. The third-order valence-electron chi connectivity index (χ3n) is 3.51. The van der Waals surface area contributed by atoms with Gasteiger partial charge in [-0.3, -0.25) is 5.43 Å². The topological polar surface area (TPSA) is 55.7 Å². The van der Waals surface area contributed by atoms with Crippen LogP contribution in [0.5, 0.6) is 0 Å². The Morgan fingerprint density at radius 2 is 2.06 bits per heavy atom. The molecule has 1 aromatic rings. The summed E-state index contributed by atoms with van der Waals surface area (Å²) in [6.07, 6.45) is 2.45. The van der Waals surface area contributed by atoms with Crippen LogP contribution in [0.2, 0.25) is 0 Å². The van der Waals surface area contributed by atoms with Gasteiger partial charge in [0.2, 0.25) is 0 Å². The maximum Gasteiger partial charge on any atom is 0.0722 e. The van der Waals surface area contributed by atoms with Crippen molar-refractivity contribution in [2.24, 2.45) is 0 Å². The Morgan fingerprint density at radius 3 is 2.78 bits per heavy atom. The van der Waals surface area contributed by atoms with Crippen molar-refractivity contribution < 1.29 is 10.2 Å². The van der Waals surface area contributed by atoms with Crippen molar-refractivity contribution in [3.8, 4) is 0 Å². The van der Waals surface area contributed by atoms with Gasteiger partial charge in [0, 0.05) is 13.1 Å². The maximum absolute atomic E-state index is 9.99. The minimum absolute atomic E-state index is 0.123. The molecule has 100 valence electrons. The van der Waals surface area contributed by atoms with Gasteiger partial charge >= 0.3 is 0 Å². The molecule has 4 heteroatoms. The van der Waals surface area contributed by atoms with Crippen LogP contribution in [0.25, 0.3) is 0 Å². The van der Waals surface area contributed by atoms with E-state index in [1.165, 1.54) is 5.56 Å². The first-order valence-corrected chi connectivity index (χ1v) is 6.64. The molecule has 0 radical (unpaired) electrons. The summed E-state index contributed by atoms with van der Waals surface area (Å²) < 4.78 is 0. The number of nitrogens with one attached hydrogen (secondary N) is 1. The molecule has 0 saturated carbocycles. The molecule has 2 rings (SSSR count). The summed E-state index contributed by atoms with van der Waals surface area (Å²) in [5.74, 6) is 0. The first-order chi connectivity index (χ1) is 8.81. The summed E-state index contributed by atoms with van der Waals surface area (Å²) in [7, 11) is 0. The van der Waals surface area contributed by atoms with Crippen LogP contribution >= 0.6 is 0 Å². The standard InChI is InChI=1S/C14H22N2O2/c17-11-9-15-16-10-8-14(18)13(16)7-6-12-4-2-1-3-5-12/h1-5,13-15,17-18H,6-11H2. The van der Waals surface area contributed by atoms with Gasteiger partial charge in [-0.25, -0.2) is 5.01 Å². The van der Waals surface area contributed by atoms with Gasteiger partial charge in [-0.05, 0) is 24.8 Å². The van der Waals surface area contributed by atoms with E-state index in [9.17, 15) is 5.11 Å². The number of nitrogens with zero attached hydrogens (tertiary/aromatic N) is 1. The Balaban J connectivity index is 1.85. The molecule has 2 atom stereocenters. The van der Waals surface area contributed by atoms with Crippen molar-refractivity contribution in [1.82, 2.24) is 10.4 Å². The molecular weight excluding hydrogens is 228 g/mol. The van der Waals surface area contributed by atoms with Crippen LogP contribution < -0.4 is 5.43 Å². The second kappa shape index (κ2) is 6.85. The van der Waals surface area contributed by atoms with Crippen LogP contribution in [0.3, 0.4) is 0 Å². The van der Waals surface area contributed by atoms with Crippen molar-refractivity contribution in [2.75, 3.05) is 19.7 Å². The largest absolute Gasteiger partial charge is 0.395 e. The lowest BCUT2D eigenvalue weighted by Gasteiger charge is -2.26. The first-order valence-electron chi connectivity index (χ1n) is 6.64. The van der Waals surface area contributed by atoms with E-state index in [-0.39, 0.29) is 18.8 Å². The lowest BCUT2D eigenvalue weighted by atomic mass is 10.0. The summed E-state index contributed by atoms with van der Waals surface area (Å²) in [4.78, 5) is 0. The second-order valence-corrected chi connectivity index (χ2v) is 4.77. The van der Waals surface area contributed by atoms with Gasteiger partial charge in [-0.1, -0.05) is 30.3 Å². The van der Waals surface area contributed by atoms with Gasteiger partial charge in [0.25, 0.3) is 0 Å². The number of hydrogen-bond donors (Lipinski definition) is 3. The van der Waals surface area contributed by atoms with Crippen LogP contribution in [0, 0.1) is 0 Å². The molecule has 1 aromatic carbocycles. The fourth-order valence-corrected chi connectivity index (χ4v) is 2.53. The SMILES string of the molecule is OCCNN1CCC(O)C1CCc1ccccc1. The predicted octanol–water partition coefficient (Wildman–Crippen LogP) is 0.551. The molecule has 1 heterocycles. The molecule has 0 amide bonds. The quantitative estimate of drug-likeness (QED) is 0.690. The molecule has 4 nitrogen and oxygen atoms in total. The van der Waals surface area contributed by atoms with Gasteiger partial charge in [0.1, 0.15) is 0 Å². The fourth-order valence-electron chi connectivity index (χ4n) is 2.53. The van der Waals surface area contributed by atoms with E-state index in [0.717, 1.165) is 25.8 Å². The number of aliphatic hydroxyl groups is 2. The molecule has 0 aliphatic carbocycles. The van der Waals surface area contributed by atoms with Gasteiger partial charge in [-0.15, -0.1) is 0 Å². The van der Waals surface area contributed by atoms with Gasteiger partial charge < -0.3 is 10.2 Å². The van der Waals surface area contributed by atoms with Crippen LogP contribution in [-0.4, -0.2) is 47.1 Å². The smallest absolute Gasteiger partial charge is 0.0722 e. The van der Waals surface area contributed by atoms with E-state index in [1.807, 2.05) is 18.2 Å². The Hall–Kier alpha value is -0.940. The van der Waals surface area contributed by atoms with E-state index in [1.54, 1.807) is 0 Å². The zero-order valence-corrected chi connectivity index (χ0v) is 10.6. The average molecular weight is 250 g/mol. The highest BCUT2D eigenvalue weighted by molar-refractivity contribution is 5.15. The Kier molecular flexibility index (Phi) is 5.13. The second-order valence-electron chi connectivity index (χ2n) is 4.77. The van der Waals surface area contributed by atoms with Crippen molar-refractivity contribution in [2.45, 2.75) is 31.4 Å². The predicted molar refractivity (Wildman–Crippen MR) is 71.0 cm³/mol. The molecule has 18 heavy (non-hydrogen) atoms. The van der Waals surface area contributed by atoms with Gasteiger partial charge in [-0.2, -0.15) is 0 Å². The Labute approximate surface area is 108 Å². The van der Waals surface area contributed by atoms with Crippen LogP contribution in [0.4, 0.5) is 0 Å². The van der Waals surface area contributed by atoms with Crippen LogP contribution in [0.15, 0.2) is 30.3 Å². The molecule has 0 aromatic heterocycles. The summed E-state index contributed by atoms with van der Waals surface area (Å²) in [6.45, 7) is 1.52. The fraction of sp³-hybridized carbons (Fsp3) is 0.571. The van der Waals surface area contributed by atoms with E-state index in [2.05, 4.69) is 22.6 Å². The van der Waals surface area contributed by atoms with Crippen molar-refractivity contribution in [3.63, 3.8) is 0 Å². The van der Waals surface area contributed by atoms with E-state index in [4.69, 9.17) is 5.11 Å². The average Bonchev–Trinajstić information content (AvgIpc) is 2.76. The highest BCUT2D eigenvalue weighted by Gasteiger charge is 2.31. The summed E-state index contributed by atoms with van der Waals surface area (Å²) >= 11 is 0. The van der Waals surface area contributed by atoms with Crippen LogP contribution in [-0.2, 0) is 6.42 Å². The van der Waals surface area contributed by atoms with Crippen LogP contribution in [0.1, 0.15) is 18.4 Å². The van der Waals surface area contributed by atoms with E-state index in [0.29, 0.717) is 6.54 Å². The highest BCUT2D eigenvalue weighted by Crippen LogP contribution is 2.20. The van der Waals surface area contributed by atoms with Crippen molar-refractivity contribution >= 4 is 0 Å². The number of rotatable bonds is 6. The number of aryl methyl sites for hydroxylation is 1. The monoisotopic (exact) mass is 250 g/mol. The van der Waals surface area contributed by atoms with Gasteiger partial charge in [0.15, 0.2) is 0 Å². The lowest BCUT2D eigenvalue weighted by molar-refractivity contribution is 0.0764. The molecule has 3 N–H and O–H groups in total. The number of hydrazine groups is 1. The molecular formula is C14H22N2O2. The molecule has 2 unspecified atom stereocenters. The summed E-state index contributed by atoms with van der Waals surface area (Å²) in [6, 6.07) is 10.5. The van der Waals surface area contributed by atoms with E-state index >= 15 is 0 Å². The number of benzene rings is 1. The minimum atomic E-state index is -0.264. The molecule has 0 spiro atoms. The zero-order valence-electron chi connectivity index (χ0n) is 10.6. The summed E-state index contributed by atoms with van der Waals surface area (Å²) in [5, 5.41) is 20.9. The minimum Gasteiger partial charge on any atom is -0.395 e. The Bertz CT molecular complexity index is 345. The molecule has 0 bridgehead atoms. The van der Waals surface area contributed by atoms with Crippen molar-refractivity contribution in [1.29, 1.82) is 0 Å². The summed E-state index contributed by atoms with van der Waals surface area (Å²) in [5.41, 5.74) is 4.48. The van der Waals surface area contributed by atoms with E-state index < -0.39 is 0 Å². The lowest BCUT2D eigenvalue weighted by Crippen LogP contribution is -2.45. The zero-order chi connectivity index (χ0) is 12.8. The third-order valence-corrected chi connectivity index (χ3v) is 3.51. The number of hydrogen-bond acceptors (Lipinski definition) is 4. The molecule has 1 aliphatic heterocycles.